The number of ketones is 1. The third kappa shape index (κ3) is 4.37. The highest BCUT2D eigenvalue weighted by molar-refractivity contribution is 9.10. The molecule has 0 aliphatic carbocycles. The molecule has 0 saturated heterocycles. The largest absolute Gasteiger partial charge is 0.298 e. The minimum absolute atomic E-state index is 0.175. The second kappa shape index (κ2) is 7.13. The van der Waals surface area contributed by atoms with Crippen LogP contribution >= 0.6 is 39.3 Å². The van der Waals surface area contributed by atoms with Gasteiger partial charge < -0.3 is 0 Å². The molecule has 2 aromatic rings. The first-order chi connectivity index (χ1) is 9.16. The molecule has 98 valence electrons. The normalized spacial score (nSPS) is 10.4. The lowest BCUT2D eigenvalue weighted by Gasteiger charge is -2.05. The van der Waals surface area contributed by atoms with E-state index < -0.39 is 0 Å². The fourth-order valence-corrected chi connectivity index (χ4v) is 3.26. The van der Waals surface area contributed by atoms with Gasteiger partial charge in [0.05, 0.1) is 5.75 Å². The molecule has 1 nitrogen and oxygen atoms in total. The summed E-state index contributed by atoms with van der Waals surface area (Å²) in [6.07, 6.45) is 0.386. The number of halogens is 2. The molecule has 0 bridgehead atoms. The van der Waals surface area contributed by atoms with Crippen LogP contribution in [-0.4, -0.2) is 11.5 Å². The maximum Gasteiger partial charge on any atom is 0.147 e. The number of hydrogen-bond acceptors (Lipinski definition) is 2. The lowest BCUT2D eigenvalue weighted by atomic mass is 10.1. The molecule has 0 saturated carbocycles. The van der Waals surface area contributed by atoms with E-state index in [1.54, 1.807) is 11.8 Å². The van der Waals surface area contributed by atoms with Gasteiger partial charge in [-0.05, 0) is 39.7 Å². The molecule has 0 fully saturated rings. The van der Waals surface area contributed by atoms with E-state index in [0.717, 1.165) is 14.9 Å². The Kier molecular flexibility index (Phi) is 5.49. The predicted octanol–water partition coefficient (Wildman–Crippen LogP) is 5.01. The van der Waals surface area contributed by atoms with Crippen LogP contribution in [0, 0.1) is 0 Å². The summed E-state index contributed by atoms with van der Waals surface area (Å²) in [5.74, 6) is 0.627. The Balaban J connectivity index is 1.92. The summed E-state index contributed by atoms with van der Waals surface area (Å²) in [5.41, 5.74) is 0.891. The van der Waals surface area contributed by atoms with Crippen LogP contribution in [0.15, 0.2) is 57.9 Å². The van der Waals surface area contributed by atoms with Crippen LogP contribution in [0.4, 0.5) is 0 Å². The van der Waals surface area contributed by atoms with Gasteiger partial charge in [0.15, 0.2) is 0 Å². The third-order valence-corrected chi connectivity index (χ3v) is 5.03. The molecule has 0 aromatic heterocycles. The van der Waals surface area contributed by atoms with Gasteiger partial charge in [-0.15, -0.1) is 11.8 Å². The van der Waals surface area contributed by atoms with E-state index in [4.69, 9.17) is 11.6 Å². The first-order valence-corrected chi connectivity index (χ1v) is 7.95. The number of benzene rings is 2. The van der Waals surface area contributed by atoms with Crippen molar-refractivity contribution in [1.82, 2.24) is 0 Å². The molecule has 0 heterocycles. The van der Waals surface area contributed by atoms with Gasteiger partial charge in [-0.25, -0.2) is 0 Å². The summed E-state index contributed by atoms with van der Waals surface area (Å²) in [6, 6.07) is 15.4. The zero-order chi connectivity index (χ0) is 13.7. The van der Waals surface area contributed by atoms with Crippen LogP contribution in [0.1, 0.15) is 5.56 Å². The quantitative estimate of drug-likeness (QED) is 0.702. The van der Waals surface area contributed by atoms with Crippen molar-refractivity contribution in [2.75, 3.05) is 5.75 Å². The highest BCUT2D eigenvalue weighted by Crippen LogP contribution is 2.27. The van der Waals surface area contributed by atoms with E-state index in [-0.39, 0.29) is 5.78 Å². The number of rotatable bonds is 5. The van der Waals surface area contributed by atoms with Gasteiger partial charge in [-0.2, -0.15) is 0 Å². The second-order valence-electron chi connectivity index (χ2n) is 4.03. The van der Waals surface area contributed by atoms with Crippen molar-refractivity contribution in [3.05, 3.63) is 63.6 Å². The monoisotopic (exact) mass is 354 g/mol. The highest BCUT2D eigenvalue weighted by atomic mass is 79.9. The van der Waals surface area contributed by atoms with Crippen LogP contribution in [0.3, 0.4) is 0 Å². The number of thioether (sulfide) groups is 1. The van der Waals surface area contributed by atoms with Crippen molar-refractivity contribution in [2.45, 2.75) is 11.3 Å². The molecule has 4 heteroatoms. The van der Waals surface area contributed by atoms with Crippen molar-refractivity contribution >= 4 is 45.1 Å². The van der Waals surface area contributed by atoms with E-state index in [1.165, 1.54) is 0 Å². The molecular weight excluding hydrogens is 344 g/mol. The first-order valence-electron chi connectivity index (χ1n) is 5.79. The smallest absolute Gasteiger partial charge is 0.147 e. The predicted molar refractivity (Wildman–Crippen MR) is 85.0 cm³/mol. The van der Waals surface area contributed by atoms with Gasteiger partial charge in [-0.3, -0.25) is 4.79 Å². The fraction of sp³-hybridized carbons (Fsp3) is 0.133. The molecular formula is C15H12BrClOS. The van der Waals surface area contributed by atoms with Crippen LogP contribution < -0.4 is 0 Å². The Morgan fingerprint density at radius 3 is 2.53 bits per heavy atom. The number of hydrogen-bond donors (Lipinski definition) is 0. The first kappa shape index (κ1) is 14.6. The van der Waals surface area contributed by atoms with E-state index in [9.17, 15) is 4.79 Å². The maximum atomic E-state index is 12.0. The molecule has 0 N–H and O–H groups in total. The average molecular weight is 356 g/mol. The minimum Gasteiger partial charge on any atom is -0.298 e. The van der Waals surface area contributed by atoms with Crippen molar-refractivity contribution in [3.63, 3.8) is 0 Å². The molecule has 19 heavy (non-hydrogen) atoms. The zero-order valence-electron chi connectivity index (χ0n) is 10.1. The molecule has 2 aromatic carbocycles. The fourth-order valence-electron chi connectivity index (χ4n) is 1.63. The molecule has 0 atom stereocenters. The third-order valence-electron chi connectivity index (χ3n) is 2.57. The summed E-state index contributed by atoms with van der Waals surface area (Å²) < 4.78 is 1.02. The number of carbonyl (C=O) groups is 1. The molecule has 0 aliphatic rings. The summed E-state index contributed by atoms with van der Waals surface area (Å²) >= 11 is 11.1. The SMILES string of the molecule is O=C(CSc1ccccc1Br)Cc1ccccc1Cl. The Morgan fingerprint density at radius 2 is 1.79 bits per heavy atom. The second-order valence-corrected chi connectivity index (χ2v) is 6.30. The van der Waals surface area contributed by atoms with Gasteiger partial charge in [0.1, 0.15) is 5.78 Å². The number of Topliss-reactive ketones (excluding diaryl/α,β-unsaturated/α-hetero) is 1. The van der Waals surface area contributed by atoms with Crippen LogP contribution in [0.5, 0.6) is 0 Å². The van der Waals surface area contributed by atoms with Crippen LogP contribution in [0.25, 0.3) is 0 Å². The summed E-state index contributed by atoms with van der Waals surface area (Å²) in [4.78, 5) is 13.0. The van der Waals surface area contributed by atoms with Crippen LogP contribution in [0.2, 0.25) is 5.02 Å². The zero-order valence-corrected chi connectivity index (χ0v) is 13.3. The summed E-state index contributed by atoms with van der Waals surface area (Å²) in [7, 11) is 0. The molecule has 0 aliphatic heterocycles. The van der Waals surface area contributed by atoms with E-state index in [1.807, 2.05) is 48.5 Å². The molecule has 0 unspecified atom stereocenters. The molecule has 0 amide bonds. The van der Waals surface area contributed by atoms with Gasteiger partial charge in [0.25, 0.3) is 0 Å². The average Bonchev–Trinajstić information content (AvgIpc) is 2.40. The Labute approximate surface area is 130 Å². The van der Waals surface area contributed by atoms with Crippen molar-refractivity contribution in [3.8, 4) is 0 Å². The maximum absolute atomic E-state index is 12.0. The van der Waals surface area contributed by atoms with Gasteiger partial charge in [0.2, 0.25) is 0 Å². The molecule has 2 rings (SSSR count). The standard InChI is InChI=1S/C15H12BrClOS/c16-13-6-2-4-8-15(13)19-10-12(18)9-11-5-1-3-7-14(11)17/h1-8H,9-10H2. The Bertz CT molecular complexity index is 586. The lowest BCUT2D eigenvalue weighted by molar-refractivity contribution is -0.116. The molecule has 0 radical (unpaired) electrons. The van der Waals surface area contributed by atoms with Crippen molar-refractivity contribution in [1.29, 1.82) is 0 Å². The number of carbonyl (C=O) groups excluding carboxylic acids is 1. The lowest BCUT2D eigenvalue weighted by Crippen LogP contribution is -2.06. The highest BCUT2D eigenvalue weighted by Gasteiger charge is 2.08. The van der Waals surface area contributed by atoms with E-state index in [2.05, 4.69) is 15.9 Å². The van der Waals surface area contributed by atoms with Crippen molar-refractivity contribution < 1.29 is 4.79 Å². The Hall–Kier alpha value is -0.770. The minimum atomic E-state index is 0.175. The molecule has 0 spiro atoms. The van der Waals surface area contributed by atoms with Gasteiger partial charge in [0, 0.05) is 20.8 Å². The Morgan fingerprint density at radius 1 is 1.11 bits per heavy atom. The van der Waals surface area contributed by atoms with Gasteiger partial charge in [-0.1, -0.05) is 41.9 Å². The topological polar surface area (TPSA) is 17.1 Å². The summed E-state index contributed by atoms with van der Waals surface area (Å²) in [5, 5.41) is 0.654. The van der Waals surface area contributed by atoms with E-state index in [0.29, 0.717) is 17.2 Å². The van der Waals surface area contributed by atoms with Crippen LogP contribution in [-0.2, 0) is 11.2 Å². The van der Waals surface area contributed by atoms with E-state index >= 15 is 0 Å². The van der Waals surface area contributed by atoms with Gasteiger partial charge >= 0.3 is 0 Å². The van der Waals surface area contributed by atoms with Crippen molar-refractivity contribution in [2.24, 2.45) is 0 Å². The summed E-state index contributed by atoms with van der Waals surface area (Å²) in [6.45, 7) is 0.